The minimum Gasteiger partial charge on any atom is -0.496 e. The molecule has 8 fully saturated rings. The van der Waals surface area contributed by atoms with E-state index in [4.69, 9.17) is 37.9 Å². The van der Waals surface area contributed by atoms with E-state index in [-0.39, 0.29) is 0 Å². The van der Waals surface area contributed by atoms with Crippen LogP contribution in [-0.4, -0.2) is 56.9 Å². The zero-order valence-corrected chi connectivity index (χ0v) is 69.4. The van der Waals surface area contributed by atoms with Gasteiger partial charge in [-0.3, -0.25) is 0 Å². The first kappa shape index (κ1) is 76.8. The van der Waals surface area contributed by atoms with Gasteiger partial charge in [0.2, 0.25) is 0 Å². The Kier molecular flexibility index (Phi) is 23.8. The predicted octanol–water partition coefficient (Wildman–Crippen LogP) is 26.1. The average molecular weight is 1510 g/mol. The fourth-order valence-corrected chi connectivity index (χ4v) is 24.0. The highest BCUT2D eigenvalue weighted by atomic mass is 16.5. The molecule has 8 saturated carbocycles. The summed E-state index contributed by atoms with van der Waals surface area (Å²) in [7, 11) is 15.4. The molecule has 0 aliphatic heterocycles. The Labute approximate surface area is 671 Å². The summed E-state index contributed by atoms with van der Waals surface area (Å²) in [5.74, 6) is 11.8. The van der Waals surface area contributed by atoms with E-state index >= 15 is 0 Å². The zero-order chi connectivity index (χ0) is 76.3. The molecule has 0 unspecified atom stereocenters. The number of rotatable bonds is 16. The molecule has 17 rings (SSSR count). The van der Waals surface area contributed by atoms with E-state index in [1.807, 2.05) is 56.9 Å². The monoisotopic (exact) mass is 1500 g/mol. The summed E-state index contributed by atoms with van der Waals surface area (Å²) in [6, 6.07) is 40.8. The molecule has 8 nitrogen and oxygen atoms in total. The van der Waals surface area contributed by atoms with E-state index in [2.05, 4.69) is 97.1 Å². The van der Waals surface area contributed by atoms with Crippen molar-refractivity contribution in [3.05, 3.63) is 231 Å². The molecular weight excluding hydrogens is 1380 g/mol. The van der Waals surface area contributed by atoms with Crippen molar-refractivity contribution in [1.82, 2.24) is 0 Å². The smallest absolute Gasteiger partial charge is 0.125 e. The van der Waals surface area contributed by atoms with Crippen molar-refractivity contribution < 1.29 is 37.9 Å². The molecule has 0 atom stereocenters. The van der Waals surface area contributed by atoms with E-state index in [0.717, 1.165) is 46.0 Å². The number of ether oxygens (including phenoxy) is 8. The van der Waals surface area contributed by atoms with Gasteiger partial charge in [-0.05, 0) is 284 Å². The van der Waals surface area contributed by atoms with Gasteiger partial charge in [-0.1, -0.05) is 200 Å². The molecular formula is C104H128O8. The van der Waals surface area contributed by atoms with Gasteiger partial charge in [-0.15, -0.1) is 0 Å². The Morgan fingerprint density at radius 2 is 0.223 bits per heavy atom. The second-order valence-corrected chi connectivity index (χ2v) is 36.2. The molecule has 8 aromatic rings. The third-order valence-corrected chi connectivity index (χ3v) is 29.4. The topological polar surface area (TPSA) is 73.8 Å². The number of benzene rings is 8. The molecule has 0 N–H and O–H groups in total. The highest BCUT2D eigenvalue weighted by Crippen LogP contribution is 2.52. The number of hydrogen-bond acceptors (Lipinski definition) is 8. The molecule has 0 amide bonds. The SMILES string of the molecule is COc1c2cc(C3CCCC3)cc1Cc1cc(C3CCCC3)cc(c1OC)Cc1cc(C3CCCC3)cc(c1OC)Cc1cc(C3CCCC3)cc(c1OC)Cc1cc(C3CCCC3)cc(c1OC)Cc1cc(C3CCCC3)cc(c1OC)Cc1cc(C3CCCC3)cc(c1OC)Cc1cc(C3CCCC3)cc(c1OC)C2. The van der Waals surface area contributed by atoms with Gasteiger partial charge in [0.05, 0.1) is 56.9 Å². The first-order valence-electron chi connectivity index (χ1n) is 44.6. The predicted molar refractivity (Wildman–Crippen MR) is 456 cm³/mol. The van der Waals surface area contributed by atoms with E-state index in [9.17, 15) is 0 Å². The van der Waals surface area contributed by atoms with Gasteiger partial charge >= 0.3 is 0 Å². The fourth-order valence-electron chi connectivity index (χ4n) is 24.0. The minimum atomic E-state index is 0.491. The molecule has 112 heavy (non-hydrogen) atoms. The van der Waals surface area contributed by atoms with Gasteiger partial charge in [0.15, 0.2) is 0 Å². The summed E-state index contributed by atoms with van der Waals surface area (Å²) in [5, 5.41) is 0. The summed E-state index contributed by atoms with van der Waals surface area (Å²) in [6.45, 7) is 0. The van der Waals surface area contributed by atoms with Gasteiger partial charge in [0, 0.05) is 51.4 Å². The first-order chi connectivity index (χ1) is 55.1. The van der Waals surface area contributed by atoms with Crippen LogP contribution in [-0.2, 0) is 51.4 Å². The summed E-state index contributed by atoms with van der Waals surface area (Å²) in [5.41, 5.74) is 31.3. The van der Waals surface area contributed by atoms with E-state index in [1.165, 1.54) is 339 Å². The molecule has 16 bridgehead atoms. The molecule has 8 heteroatoms. The third kappa shape index (κ3) is 15.9. The van der Waals surface area contributed by atoms with Crippen LogP contribution in [0, 0.1) is 0 Å². The summed E-state index contributed by atoms with van der Waals surface area (Å²) in [6.07, 6.45) is 45.0. The van der Waals surface area contributed by atoms with Crippen molar-refractivity contribution in [3.8, 4) is 46.0 Å². The van der Waals surface area contributed by atoms with Crippen LogP contribution in [0.1, 0.15) is 386 Å². The maximum Gasteiger partial charge on any atom is 0.125 e. The molecule has 592 valence electrons. The molecule has 0 spiro atoms. The minimum absolute atomic E-state index is 0.491. The molecule has 0 aromatic heterocycles. The lowest BCUT2D eigenvalue weighted by atomic mass is 9.84. The maximum absolute atomic E-state index is 6.96. The third-order valence-electron chi connectivity index (χ3n) is 29.4. The molecule has 0 radical (unpaired) electrons. The van der Waals surface area contributed by atoms with Crippen molar-refractivity contribution in [3.63, 3.8) is 0 Å². The quantitative estimate of drug-likeness (QED) is 0.0947. The molecule has 9 aliphatic carbocycles. The van der Waals surface area contributed by atoms with Crippen LogP contribution in [0.5, 0.6) is 46.0 Å². The van der Waals surface area contributed by atoms with Crippen LogP contribution >= 0.6 is 0 Å². The van der Waals surface area contributed by atoms with Crippen LogP contribution in [0.4, 0.5) is 0 Å². The lowest BCUT2D eigenvalue weighted by Gasteiger charge is -2.25. The van der Waals surface area contributed by atoms with Crippen molar-refractivity contribution in [2.75, 3.05) is 56.9 Å². The summed E-state index contributed by atoms with van der Waals surface area (Å²) in [4.78, 5) is 0. The Bertz CT molecular complexity index is 3590. The van der Waals surface area contributed by atoms with Crippen LogP contribution in [0.15, 0.2) is 97.1 Å². The normalized spacial score (nSPS) is 19.5. The Morgan fingerprint density at radius 1 is 0.143 bits per heavy atom. The Hall–Kier alpha value is -7.84. The van der Waals surface area contributed by atoms with Crippen LogP contribution in [0.2, 0.25) is 0 Å². The van der Waals surface area contributed by atoms with Crippen molar-refractivity contribution in [2.45, 2.75) is 304 Å². The van der Waals surface area contributed by atoms with Gasteiger partial charge in [0.1, 0.15) is 46.0 Å². The molecule has 8 aromatic carbocycles. The van der Waals surface area contributed by atoms with Crippen molar-refractivity contribution in [2.24, 2.45) is 0 Å². The van der Waals surface area contributed by atoms with E-state index in [1.54, 1.807) is 0 Å². The van der Waals surface area contributed by atoms with Crippen LogP contribution in [0.25, 0.3) is 0 Å². The van der Waals surface area contributed by atoms with Crippen molar-refractivity contribution in [1.29, 1.82) is 0 Å². The Morgan fingerprint density at radius 3 is 0.295 bits per heavy atom. The molecule has 0 heterocycles. The van der Waals surface area contributed by atoms with E-state index in [0.29, 0.717) is 98.7 Å². The van der Waals surface area contributed by atoms with Gasteiger partial charge in [0.25, 0.3) is 0 Å². The summed E-state index contributed by atoms with van der Waals surface area (Å²) < 4.78 is 55.6. The standard InChI is InChI=1S/C104H128O8/c1-105-97-81-41-73(65-25-9-10-26-65)42-82(97)58-84-44-75(67-29-13-14-30-67)46-86(99(84)107-3)60-88-48-77(69-33-17-18-34-69)50-90(101(88)109-5)62-92-52-79(71-37-21-22-38-71)54-94(103(92)111-7)64-96-56-80(72-39-23-24-40-72)55-95(104(96)112-8)63-93-53-78(70-35-19-20-36-70)51-91(102(93)110-6)61-89-49-76(68-31-15-16-32-68)47-87(100(89)108-4)59-85-45-74(66-27-11-12-28-66)43-83(57-81)98(85)106-2/h41-56,65-72H,9-40,57-64H2,1-8H3. The average Bonchev–Trinajstić information content (AvgIpc) is 1.41. The number of hydrogen-bond donors (Lipinski definition) is 0. The highest BCUT2D eigenvalue weighted by molar-refractivity contribution is 5.63. The largest absolute Gasteiger partial charge is 0.496 e. The second-order valence-electron chi connectivity index (χ2n) is 36.2. The second kappa shape index (κ2) is 34.7. The highest BCUT2D eigenvalue weighted by Gasteiger charge is 2.34. The van der Waals surface area contributed by atoms with E-state index < -0.39 is 0 Å². The maximum atomic E-state index is 6.96. The van der Waals surface area contributed by atoms with Crippen LogP contribution in [0.3, 0.4) is 0 Å². The van der Waals surface area contributed by atoms with Crippen LogP contribution < -0.4 is 37.9 Å². The van der Waals surface area contributed by atoms with Crippen molar-refractivity contribution >= 4 is 0 Å². The van der Waals surface area contributed by atoms with Gasteiger partial charge in [-0.25, -0.2) is 0 Å². The lowest BCUT2D eigenvalue weighted by Crippen LogP contribution is -2.10. The lowest BCUT2D eigenvalue weighted by molar-refractivity contribution is 0.395. The zero-order valence-electron chi connectivity index (χ0n) is 69.4. The summed E-state index contributed by atoms with van der Waals surface area (Å²) >= 11 is 0. The van der Waals surface area contributed by atoms with Gasteiger partial charge in [-0.2, -0.15) is 0 Å². The number of fused-ring (bicyclic) bond motifs is 16. The first-order valence-corrected chi connectivity index (χ1v) is 44.6. The fraction of sp³-hybridized carbons (Fsp3) is 0.538. The Balaban J connectivity index is 0.898. The van der Waals surface area contributed by atoms with Gasteiger partial charge < -0.3 is 37.9 Å². The molecule has 9 aliphatic rings. The molecule has 0 saturated heterocycles. The number of methoxy groups -OCH3 is 8.